The molecule has 1 aromatic carbocycles. The van der Waals surface area contributed by atoms with Crippen molar-refractivity contribution in [3.63, 3.8) is 0 Å². The van der Waals surface area contributed by atoms with Crippen LogP contribution in [0.15, 0.2) is 22.7 Å². The predicted octanol–water partition coefficient (Wildman–Crippen LogP) is 3.38. The fourth-order valence-electron chi connectivity index (χ4n) is 2.69. The molecule has 1 aliphatic rings. The topological polar surface area (TPSA) is 47.3 Å². The van der Waals surface area contributed by atoms with Crippen molar-refractivity contribution in [3.8, 4) is 5.75 Å². The van der Waals surface area contributed by atoms with Crippen LogP contribution in [0.25, 0.3) is 0 Å². The number of benzene rings is 1. The molecule has 1 atom stereocenters. The van der Waals surface area contributed by atoms with Crippen LogP contribution in [0.3, 0.4) is 0 Å². The molecule has 3 nitrogen and oxygen atoms in total. The van der Waals surface area contributed by atoms with Gasteiger partial charge in [-0.05, 0) is 66.2 Å². The van der Waals surface area contributed by atoms with Crippen LogP contribution in [0.4, 0.5) is 0 Å². The molecular formula is C15H23BrN2O. The second kappa shape index (κ2) is 6.73. The van der Waals surface area contributed by atoms with Gasteiger partial charge in [0.15, 0.2) is 0 Å². The van der Waals surface area contributed by atoms with Crippen LogP contribution < -0.4 is 15.8 Å². The summed E-state index contributed by atoms with van der Waals surface area (Å²) < 4.78 is 6.27. The Bertz CT molecular complexity index is 417. The molecular weight excluding hydrogens is 304 g/mol. The molecule has 0 saturated heterocycles. The lowest BCUT2D eigenvalue weighted by Crippen LogP contribution is -2.38. The van der Waals surface area contributed by atoms with E-state index in [0.717, 1.165) is 23.1 Å². The highest BCUT2D eigenvalue weighted by atomic mass is 79.9. The van der Waals surface area contributed by atoms with E-state index < -0.39 is 0 Å². The minimum Gasteiger partial charge on any atom is -0.496 e. The van der Waals surface area contributed by atoms with E-state index in [1.165, 1.54) is 18.4 Å². The maximum atomic E-state index is 5.94. The summed E-state index contributed by atoms with van der Waals surface area (Å²) in [7, 11) is 1.69. The number of nitrogens with two attached hydrogens (primary N) is 1. The molecule has 1 aliphatic carbocycles. The Balaban J connectivity index is 1.96. The first kappa shape index (κ1) is 14.8. The van der Waals surface area contributed by atoms with Crippen molar-refractivity contribution in [1.29, 1.82) is 0 Å². The minimum absolute atomic E-state index is 0.349. The molecule has 0 amide bonds. The summed E-state index contributed by atoms with van der Waals surface area (Å²) in [5.41, 5.74) is 7.22. The Morgan fingerprint density at radius 1 is 1.32 bits per heavy atom. The summed E-state index contributed by atoms with van der Waals surface area (Å²) in [4.78, 5) is 0. The van der Waals surface area contributed by atoms with Gasteiger partial charge in [0.05, 0.1) is 11.6 Å². The third kappa shape index (κ3) is 3.94. The van der Waals surface area contributed by atoms with Gasteiger partial charge in [-0.2, -0.15) is 0 Å². The van der Waals surface area contributed by atoms with Crippen molar-refractivity contribution in [1.82, 2.24) is 5.32 Å². The number of nitrogens with one attached hydrogen (secondary N) is 1. The molecule has 1 fully saturated rings. The fourth-order valence-corrected chi connectivity index (χ4v) is 3.25. The van der Waals surface area contributed by atoms with E-state index >= 15 is 0 Å². The maximum absolute atomic E-state index is 5.94. The van der Waals surface area contributed by atoms with Crippen molar-refractivity contribution in [2.45, 2.75) is 50.7 Å². The molecule has 0 aromatic heterocycles. The molecule has 0 radical (unpaired) electrons. The van der Waals surface area contributed by atoms with Gasteiger partial charge < -0.3 is 15.8 Å². The first-order valence-corrected chi connectivity index (χ1v) is 7.74. The lowest BCUT2D eigenvalue weighted by molar-refractivity contribution is 0.322. The van der Waals surface area contributed by atoms with E-state index in [4.69, 9.17) is 10.5 Å². The number of ether oxygens (including phenoxy) is 1. The second-order valence-corrected chi connectivity index (χ2v) is 6.25. The molecule has 19 heavy (non-hydrogen) atoms. The minimum atomic E-state index is 0.349. The smallest absolute Gasteiger partial charge is 0.133 e. The van der Waals surface area contributed by atoms with Crippen LogP contribution in [0.1, 0.15) is 44.2 Å². The Morgan fingerprint density at radius 2 is 2.00 bits per heavy atom. The van der Waals surface area contributed by atoms with Gasteiger partial charge in [-0.3, -0.25) is 0 Å². The third-order valence-electron chi connectivity index (χ3n) is 3.93. The molecule has 3 N–H and O–H groups in total. The lowest BCUT2D eigenvalue weighted by Gasteiger charge is -2.29. The molecule has 0 heterocycles. The summed E-state index contributed by atoms with van der Waals surface area (Å²) in [5.74, 6) is 0.875. The van der Waals surface area contributed by atoms with Crippen molar-refractivity contribution in [2.75, 3.05) is 7.11 Å². The molecule has 1 saturated carbocycles. The van der Waals surface area contributed by atoms with E-state index in [1.54, 1.807) is 7.11 Å². The standard InChI is InChI=1S/C15H23BrN2O/c1-10(18-13-6-4-12(17)5-7-13)11-3-8-15(19-2)14(16)9-11/h3,8-10,12-13,18H,4-7,17H2,1-2H3. The van der Waals surface area contributed by atoms with Crippen LogP contribution in [-0.2, 0) is 0 Å². The summed E-state index contributed by atoms with van der Waals surface area (Å²) in [6.45, 7) is 2.21. The molecule has 106 valence electrons. The summed E-state index contributed by atoms with van der Waals surface area (Å²) in [6.07, 6.45) is 4.64. The van der Waals surface area contributed by atoms with Gasteiger partial charge in [0, 0.05) is 18.1 Å². The zero-order valence-corrected chi connectivity index (χ0v) is 13.2. The molecule has 0 bridgehead atoms. The van der Waals surface area contributed by atoms with Crippen LogP contribution in [0, 0.1) is 0 Å². The van der Waals surface area contributed by atoms with E-state index in [2.05, 4.69) is 40.3 Å². The van der Waals surface area contributed by atoms with Crippen LogP contribution in [0.2, 0.25) is 0 Å². The monoisotopic (exact) mass is 326 g/mol. The van der Waals surface area contributed by atoms with Gasteiger partial charge in [-0.15, -0.1) is 0 Å². The Morgan fingerprint density at radius 3 is 2.58 bits per heavy atom. The van der Waals surface area contributed by atoms with E-state index in [9.17, 15) is 0 Å². The largest absolute Gasteiger partial charge is 0.496 e. The van der Waals surface area contributed by atoms with Crippen LogP contribution in [0.5, 0.6) is 5.75 Å². The average Bonchev–Trinajstić information content (AvgIpc) is 2.41. The SMILES string of the molecule is COc1ccc(C(C)NC2CCC(N)CC2)cc1Br. The molecule has 1 aromatic rings. The highest BCUT2D eigenvalue weighted by molar-refractivity contribution is 9.10. The van der Waals surface area contributed by atoms with Gasteiger partial charge >= 0.3 is 0 Å². The van der Waals surface area contributed by atoms with Gasteiger partial charge in [-0.25, -0.2) is 0 Å². The number of methoxy groups -OCH3 is 1. The molecule has 1 unspecified atom stereocenters. The molecule has 4 heteroatoms. The average molecular weight is 327 g/mol. The van der Waals surface area contributed by atoms with Gasteiger partial charge in [-0.1, -0.05) is 6.07 Å². The van der Waals surface area contributed by atoms with Crippen molar-refractivity contribution in [2.24, 2.45) is 5.73 Å². The molecule has 0 spiro atoms. The van der Waals surface area contributed by atoms with Crippen molar-refractivity contribution in [3.05, 3.63) is 28.2 Å². The van der Waals surface area contributed by atoms with Crippen molar-refractivity contribution >= 4 is 15.9 Å². The number of rotatable bonds is 4. The lowest BCUT2D eigenvalue weighted by atomic mass is 9.91. The summed E-state index contributed by atoms with van der Waals surface area (Å²) in [6, 6.07) is 7.61. The number of hydrogen-bond acceptors (Lipinski definition) is 3. The maximum Gasteiger partial charge on any atom is 0.133 e. The highest BCUT2D eigenvalue weighted by Gasteiger charge is 2.20. The van der Waals surface area contributed by atoms with E-state index in [1.807, 2.05) is 6.07 Å². The normalized spacial score (nSPS) is 25.1. The Labute approximate surface area is 124 Å². The fraction of sp³-hybridized carbons (Fsp3) is 0.600. The van der Waals surface area contributed by atoms with E-state index in [-0.39, 0.29) is 0 Å². The van der Waals surface area contributed by atoms with E-state index in [0.29, 0.717) is 18.1 Å². The quantitative estimate of drug-likeness (QED) is 0.891. The van der Waals surface area contributed by atoms with Gasteiger partial charge in [0.1, 0.15) is 5.75 Å². The zero-order chi connectivity index (χ0) is 13.8. The second-order valence-electron chi connectivity index (χ2n) is 5.39. The first-order valence-electron chi connectivity index (χ1n) is 6.95. The molecule has 2 rings (SSSR count). The van der Waals surface area contributed by atoms with Crippen LogP contribution in [-0.4, -0.2) is 19.2 Å². The predicted molar refractivity (Wildman–Crippen MR) is 82.5 cm³/mol. The number of hydrogen-bond donors (Lipinski definition) is 2. The first-order chi connectivity index (χ1) is 9.10. The number of halogens is 1. The Hall–Kier alpha value is -0.580. The molecule has 0 aliphatic heterocycles. The summed E-state index contributed by atoms with van der Waals surface area (Å²) in [5, 5.41) is 3.70. The van der Waals surface area contributed by atoms with Gasteiger partial charge in [0.25, 0.3) is 0 Å². The van der Waals surface area contributed by atoms with Gasteiger partial charge in [0.2, 0.25) is 0 Å². The summed E-state index contributed by atoms with van der Waals surface area (Å²) >= 11 is 3.54. The third-order valence-corrected chi connectivity index (χ3v) is 4.55. The van der Waals surface area contributed by atoms with Crippen molar-refractivity contribution < 1.29 is 4.74 Å². The Kier molecular flexibility index (Phi) is 5.25. The highest BCUT2D eigenvalue weighted by Crippen LogP contribution is 2.29. The zero-order valence-electron chi connectivity index (χ0n) is 11.7. The van der Waals surface area contributed by atoms with Crippen LogP contribution >= 0.6 is 15.9 Å².